The van der Waals surface area contributed by atoms with Crippen LogP contribution in [0.3, 0.4) is 0 Å². The minimum Gasteiger partial charge on any atom is -0.368 e. The summed E-state index contributed by atoms with van der Waals surface area (Å²) in [6, 6.07) is 12.7. The maximum absolute atomic E-state index is 12.5. The Bertz CT molecular complexity index is 1250. The Hall–Kier alpha value is -3.14. The van der Waals surface area contributed by atoms with E-state index in [4.69, 9.17) is 11.6 Å². The van der Waals surface area contributed by atoms with Crippen LogP contribution in [0, 0.1) is 0 Å². The maximum atomic E-state index is 12.5. The van der Waals surface area contributed by atoms with Gasteiger partial charge in [0.05, 0.1) is 26.7 Å². The number of nitrogens with zero attached hydrogens (tertiary/aromatic N) is 2. The fraction of sp³-hybridized carbons (Fsp3) is 0.308. The number of piperidine rings is 1. The van der Waals surface area contributed by atoms with E-state index in [-0.39, 0.29) is 23.1 Å². The first kappa shape index (κ1) is 24.5. The Morgan fingerprint density at radius 3 is 2.50 bits per heavy atom. The second-order valence-electron chi connectivity index (χ2n) is 8.93. The summed E-state index contributed by atoms with van der Waals surface area (Å²) in [5.74, 6) is -0.849. The van der Waals surface area contributed by atoms with Crippen molar-refractivity contribution in [3.63, 3.8) is 0 Å². The minimum absolute atomic E-state index is 0.212. The standard InChI is InChI=1S/C26H25ClN4O4S/c27-20-10-3-6-16(14-21-23(32)29-26(35)36-21)22(20)30-12-4-7-17(15-30)28-11-5-13-31-24(33)18-8-1-2-9-19(18)25(31)34/h1-3,6,8-10,14,17,28H,4-5,7,11-13,15H2,(H,29,32,35)/b21-14-/t17-/m1/s1. The van der Waals surface area contributed by atoms with Gasteiger partial charge in [0.25, 0.3) is 23.0 Å². The Balaban J connectivity index is 1.19. The van der Waals surface area contributed by atoms with Crippen LogP contribution in [0.1, 0.15) is 45.5 Å². The van der Waals surface area contributed by atoms with Crippen molar-refractivity contribution < 1.29 is 19.2 Å². The number of carbonyl (C=O) groups is 4. The first-order valence-corrected chi connectivity index (χ1v) is 13.1. The molecule has 0 saturated carbocycles. The number of thioether (sulfide) groups is 1. The van der Waals surface area contributed by atoms with Gasteiger partial charge >= 0.3 is 0 Å². The molecule has 10 heteroatoms. The topological polar surface area (TPSA) is 98.8 Å². The summed E-state index contributed by atoms with van der Waals surface area (Å²) < 4.78 is 0. The lowest BCUT2D eigenvalue weighted by Crippen LogP contribution is -2.46. The van der Waals surface area contributed by atoms with Gasteiger partial charge in [-0.15, -0.1) is 0 Å². The SMILES string of the molecule is O=C1NC(=O)/C(=C/c2cccc(Cl)c2N2CCC[C@@H](NCCCN3C(=O)c4ccccc4C3=O)C2)S1. The van der Waals surface area contributed by atoms with E-state index in [0.717, 1.165) is 48.9 Å². The van der Waals surface area contributed by atoms with Crippen molar-refractivity contribution in [1.29, 1.82) is 0 Å². The summed E-state index contributed by atoms with van der Waals surface area (Å²) in [4.78, 5) is 52.6. The molecule has 2 aromatic rings. The predicted octanol–water partition coefficient (Wildman–Crippen LogP) is 3.91. The van der Waals surface area contributed by atoms with Crippen LogP contribution < -0.4 is 15.5 Å². The van der Waals surface area contributed by atoms with E-state index >= 15 is 0 Å². The predicted molar refractivity (Wildman–Crippen MR) is 140 cm³/mol. The number of para-hydroxylation sites is 1. The van der Waals surface area contributed by atoms with Crippen LogP contribution in [0.4, 0.5) is 10.5 Å². The normalized spacial score (nSPS) is 20.9. The van der Waals surface area contributed by atoms with E-state index in [0.29, 0.717) is 40.6 Å². The van der Waals surface area contributed by atoms with Gasteiger partial charge in [-0.05, 0) is 61.8 Å². The highest BCUT2D eigenvalue weighted by molar-refractivity contribution is 8.18. The number of anilines is 1. The Morgan fingerprint density at radius 2 is 1.81 bits per heavy atom. The van der Waals surface area contributed by atoms with E-state index in [1.807, 2.05) is 18.2 Å². The molecule has 0 aromatic heterocycles. The van der Waals surface area contributed by atoms with Crippen molar-refractivity contribution in [3.8, 4) is 0 Å². The molecule has 2 N–H and O–H groups in total. The third-order valence-corrected chi connectivity index (χ3v) is 7.67. The zero-order valence-corrected chi connectivity index (χ0v) is 21.0. The first-order chi connectivity index (χ1) is 17.4. The molecule has 2 fully saturated rings. The van der Waals surface area contributed by atoms with E-state index < -0.39 is 5.91 Å². The smallest absolute Gasteiger partial charge is 0.290 e. The fourth-order valence-electron chi connectivity index (χ4n) is 4.88. The van der Waals surface area contributed by atoms with Crippen molar-refractivity contribution in [3.05, 3.63) is 69.1 Å². The maximum Gasteiger partial charge on any atom is 0.290 e. The third kappa shape index (κ3) is 4.91. The van der Waals surface area contributed by atoms with Gasteiger partial charge < -0.3 is 10.2 Å². The Morgan fingerprint density at radius 1 is 1.06 bits per heavy atom. The van der Waals surface area contributed by atoms with E-state index in [2.05, 4.69) is 15.5 Å². The number of benzene rings is 2. The molecule has 8 nitrogen and oxygen atoms in total. The molecule has 0 unspecified atom stereocenters. The number of halogens is 1. The number of nitrogens with one attached hydrogen (secondary N) is 2. The summed E-state index contributed by atoms with van der Waals surface area (Å²) >= 11 is 7.48. The highest BCUT2D eigenvalue weighted by Crippen LogP contribution is 2.35. The zero-order chi connectivity index (χ0) is 25.2. The molecular formula is C26H25ClN4O4S. The molecule has 0 radical (unpaired) electrons. The second-order valence-corrected chi connectivity index (χ2v) is 10.4. The fourth-order valence-corrected chi connectivity index (χ4v) is 5.85. The molecule has 0 spiro atoms. The van der Waals surface area contributed by atoms with Gasteiger partial charge in [0.1, 0.15) is 0 Å². The van der Waals surface area contributed by atoms with Gasteiger partial charge in [0.15, 0.2) is 0 Å². The van der Waals surface area contributed by atoms with Crippen molar-refractivity contribution in [2.75, 3.05) is 31.1 Å². The van der Waals surface area contributed by atoms with Crippen LogP contribution in [0.2, 0.25) is 5.02 Å². The molecule has 0 bridgehead atoms. The minimum atomic E-state index is -0.396. The van der Waals surface area contributed by atoms with Crippen molar-refractivity contribution in [1.82, 2.24) is 15.5 Å². The number of rotatable bonds is 7. The molecule has 3 aliphatic heterocycles. The largest absolute Gasteiger partial charge is 0.368 e. The van der Waals surface area contributed by atoms with Crippen LogP contribution in [0.25, 0.3) is 6.08 Å². The van der Waals surface area contributed by atoms with Gasteiger partial charge in [-0.3, -0.25) is 29.4 Å². The molecule has 5 rings (SSSR count). The zero-order valence-electron chi connectivity index (χ0n) is 19.5. The second kappa shape index (κ2) is 10.5. The quantitative estimate of drug-likeness (QED) is 0.322. The van der Waals surface area contributed by atoms with Crippen LogP contribution in [0.15, 0.2) is 47.4 Å². The molecule has 2 saturated heterocycles. The van der Waals surface area contributed by atoms with Crippen LogP contribution in [0.5, 0.6) is 0 Å². The number of carbonyl (C=O) groups excluding carboxylic acids is 4. The molecular weight excluding hydrogens is 500 g/mol. The summed E-state index contributed by atoms with van der Waals surface area (Å²) in [5.41, 5.74) is 2.58. The summed E-state index contributed by atoms with van der Waals surface area (Å²) in [7, 11) is 0. The third-order valence-electron chi connectivity index (χ3n) is 6.55. The van der Waals surface area contributed by atoms with Crippen molar-refractivity contribution in [2.24, 2.45) is 0 Å². The Kier molecular flexibility index (Phi) is 7.13. The van der Waals surface area contributed by atoms with Gasteiger partial charge in [0.2, 0.25) is 0 Å². The van der Waals surface area contributed by atoms with E-state index in [9.17, 15) is 19.2 Å². The summed E-state index contributed by atoms with van der Waals surface area (Å²) in [6.45, 7) is 2.59. The lowest BCUT2D eigenvalue weighted by Gasteiger charge is -2.36. The molecule has 3 heterocycles. The van der Waals surface area contributed by atoms with E-state index in [1.54, 1.807) is 30.3 Å². The van der Waals surface area contributed by atoms with Crippen molar-refractivity contribution in [2.45, 2.75) is 25.3 Å². The lowest BCUT2D eigenvalue weighted by atomic mass is 10.0. The molecule has 4 amide bonds. The summed E-state index contributed by atoms with van der Waals surface area (Å²) in [6.07, 6.45) is 4.33. The Labute approximate surface area is 218 Å². The van der Waals surface area contributed by atoms with Gasteiger partial charge in [-0.25, -0.2) is 0 Å². The average molecular weight is 525 g/mol. The van der Waals surface area contributed by atoms with Crippen LogP contribution in [-0.2, 0) is 4.79 Å². The molecule has 2 aromatic carbocycles. The molecule has 1 atom stereocenters. The average Bonchev–Trinajstić information content (AvgIpc) is 3.31. The monoisotopic (exact) mass is 524 g/mol. The molecule has 0 aliphatic carbocycles. The van der Waals surface area contributed by atoms with Crippen molar-refractivity contribution >= 4 is 58.1 Å². The van der Waals surface area contributed by atoms with Crippen LogP contribution >= 0.6 is 23.4 Å². The van der Waals surface area contributed by atoms with Crippen LogP contribution in [-0.4, -0.2) is 60.1 Å². The van der Waals surface area contributed by atoms with E-state index in [1.165, 1.54) is 4.90 Å². The highest BCUT2D eigenvalue weighted by Gasteiger charge is 2.34. The van der Waals surface area contributed by atoms with Gasteiger partial charge in [-0.1, -0.05) is 35.9 Å². The summed E-state index contributed by atoms with van der Waals surface area (Å²) in [5, 5.41) is 6.05. The number of fused-ring (bicyclic) bond motifs is 1. The lowest BCUT2D eigenvalue weighted by molar-refractivity contribution is -0.115. The number of amides is 4. The first-order valence-electron chi connectivity index (χ1n) is 11.9. The number of hydrogen-bond acceptors (Lipinski definition) is 7. The molecule has 36 heavy (non-hydrogen) atoms. The molecule has 3 aliphatic rings. The molecule has 186 valence electrons. The number of imide groups is 2. The number of hydrogen-bond donors (Lipinski definition) is 2. The van der Waals surface area contributed by atoms with Gasteiger partial charge in [0, 0.05) is 31.2 Å². The highest BCUT2D eigenvalue weighted by atomic mass is 35.5. The van der Waals surface area contributed by atoms with Gasteiger partial charge in [-0.2, -0.15) is 0 Å².